The van der Waals surface area contributed by atoms with Gasteiger partial charge in [0.2, 0.25) is 5.91 Å². The van der Waals surface area contributed by atoms with E-state index in [1.807, 2.05) is 39.8 Å². The first-order valence-corrected chi connectivity index (χ1v) is 11.7. The van der Waals surface area contributed by atoms with Gasteiger partial charge >= 0.3 is 0 Å². The van der Waals surface area contributed by atoms with Crippen LogP contribution in [0, 0.1) is 27.7 Å². The minimum atomic E-state index is -3.98. The van der Waals surface area contributed by atoms with Crippen LogP contribution in [-0.2, 0) is 14.8 Å². The van der Waals surface area contributed by atoms with Gasteiger partial charge in [-0.2, -0.15) is 0 Å². The minimum Gasteiger partial charge on any atom is -0.495 e. The number of ether oxygens (including phenoxy) is 1. The molecule has 0 radical (unpaired) electrons. The quantitative estimate of drug-likeness (QED) is 0.561. The second-order valence-corrected chi connectivity index (χ2v) is 9.66. The van der Waals surface area contributed by atoms with E-state index < -0.39 is 15.9 Å². The third-order valence-corrected chi connectivity index (χ3v) is 7.14. The lowest BCUT2D eigenvalue weighted by Gasteiger charge is -2.26. The molecular formula is C25H28N2O4S. The summed E-state index contributed by atoms with van der Waals surface area (Å²) >= 11 is 0. The molecule has 0 spiro atoms. The maximum Gasteiger partial charge on any atom is 0.264 e. The van der Waals surface area contributed by atoms with Crippen molar-refractivity contribution in [3.05, 3.63) is 82.9 Å². The fourth-order valence-electron chi connectivity index (χ4n) is 3.38. The highest BCUT2D eigenvalue weighted by molar-refractivity contribution is 7.92. The highest BCUT2D eigenvalue weighted by Crippen LogP contribution is 2.30. The largest absolute Gasteiger partial charge is 0.495 e. The Labute approximate surface area is 189 Å². The van der Waals surface area contributed by atoms with Gasteiger partial charge in [-0.1, -0.05) is 35.9 Å². The number of benzene rings is 3. The SMILES string of the molecule is COc1ccc(C)cc1NC(=O)CN(c1cccc(C)c1C)S(=O)(=O)c1ccc(C)cc1. The topological polar surface area (TPSA) is 75.7 Å². The molecule has 0 aliphatic rings. The van der Waals surface area contributed by atoms with Crippen molar-refractivity contribution in [1.29, 1.82) is 0 Å². The van der Waals surface area contributed by atoms with Crippen LogP contribution in [0.25, 0.3) is 0 Å². The number of anilines is 2. The predicted molar refractivity (Wildman–Crippen MR) is 128 cm³/mol. The van der Waals surface area contributed by atoms with Crippen LogP contribution in [0.5, 0.6) is 5.75 Å². The van der Waals surface area contributed by atoms with Gasteiger partial charge in [0, 0.05) is 0 Å². The number of carbonyl (C=O) groups is 1. The van der Waals surface area contributed by atoms with Crippen molar-refractivity contribution >= 4 is 27.3 Å². The molecule has 1 amide bonds. The zero-order valence-electron chi connectivity index (χ0n) is 19.0. The van der Waals surface area contributed by atoms with Gasteiger partial charge in [0.05, 0.1) is 23.4 Å². The number of nitrogens with one attached hydrogen (secondary N) is 1. The number of rotatable bonds is 7. The lowest BCUT2D eigenvalue weighted by molar-refractivity contribution is -0.114. The molecule has 0 aromatic heterocycles. The third-order valence-electron chi connectivity index (χ3n) is 5.37. The summed E-state index contributed by atoms with van der Waals surface area (Å²) in [5.41, 5.74) is 4.59. The van der Waals surface area contributed by atoms with E-state index in [0.717, 1.165) is 26.6 Å². The molecule has 0 saturated heterocycles. The standard InChI is InChI=1S/C25H28N2O4S/c1-17-9-12-21(13-10-17)32(29,30)27(23-8-6-7-19(3)20(23)4)16-25(28)26-22-15-18(2)11-14-24(22)31-5/h6-15H,16H2,1-5H3,(H,26,28). The van der Waals surface area contributed by atoms with Crippen LogP contribution in [-0.4, -0.2) is 28.0 Å². The van der Waals surface area contributed by atoms with Crippen LogP contribution >= 0.6 is 0 Å². The van der Waals surface area contributed by atoms with Gasteiger partial charge in [0.25, 0.3) is 10.0 Å². The fraction of sp³-hybridized carbons (Fsp3) is 0.240. The van der Waals surface area contributed by atoms with E-state index in [1.54, 1.807) is 48.5 Å². The molecule has 0 unspecified atom stereocenters. The second-order valence-electron chi connectivity index (χ2n) is 7.80. The molecule has 3 aromatic carbocycles. The van der Waals surface area contributed by atoms with Crippen LogP contribution in [0.3, 0.4) is 0 Å². The molecule has 0 fully saturated rings. The van der Waals surface area contributed by atoms with Crippen molar-refractivity contribution in [2.45, 2.75) is 32.6 Å². The van der Waals surface area contributed by atoms with Crippen molar-refractivity contribution in [2.75, 3.05) is 23.3 Å². The summed E-state index contributed by atoms with van der Waals surface area (Å²) in [4.78, 5) is 13.2. The molecule has 3 rings (SSSR count). The Bertz CT molecular complexity index is 1240. The van der Waals surface area contributed by atoms with Crippen LogP contribution in [0.1, 0.15) is 22.3 Å². The number of amides is 1. The van der Waals surface area contributed by atoms with Crippen molar-refractivity contribution < 1.29 is 17.9 Å². The highest BCUT2D eigenvalue weighted by Gasteiger charge is 2.29. The predicted octanol–water partition coefficient (Wildman–Crippen LogP) is 4.76. The molecule has 0 heterocycles. The van der Waals surface area contributed by atoms with E-state index in [-0.39, 0.29) is 11.4 Å². The number of sulfonamides is 1. The van der Waals surface area contributed by atoms with Crippen LogP contribution in [0.2, 0.25) is 0 Å². The zero-order chi connectivity index (χ0) is 23.5. The summed E-state index contributed by atoms with van der Waals surface area (Å²) < 4.78 is 33.7. The lowest BCUT2D eigenvalue weighted by atomic mass is 10.1. The Kier molecular flexibility index (Phi) is 6.89. The minimum absolute atomic E-state index is 0.130. The average molecular weight is 453 g/mol. The normalized spacial score (nSPS) is 11.2. The van der Waals surface area contributed by atoms with Crippen molar-refractivity contribution in [1.82, 2.24) is 0 Å². The number of aryl methyl sites for hydroxylation is 3. The number of hydrogen-bond donors (Lipinski definition) is 1. The summed E-state index contributed by atoms with van der Waals surface area (Å²) in [6.45, 7) is 7.18. The number of carbonyl (C=O) groups excluding carboxylic acids is 1. The van der Waals surface area contributed by atoms with E-state index in [9.17, 15) is 13.2 Å². The molecule has 0 aliphatic heterocycles. The summed E-state index contributed by atoms with van der Waals surface area (Å²) in [5.74, 6) is 0.0362. The first-order valence-electron chi connectivity index (χ1n) is 10.2. The van der Waals surface area contributed by atoms with Crippen LogP contribution in [0.15, 0.2) is 65.6 Å². The summed E-state index contributed by atoms with van der Waals surface area (Å²) in [6.07, 6.45) is 0. The van der Waals surface area contributed by atoms with Crippen molar-refractivity contribution in [3.8, 4) is 5.75 Å². The molecule has 0 saturated carbocycles. The molecule has 32 heavy (non-hydrogen) atoms. The Morgan fingerprint density at radius 2 is 1.59 bits per heavy atom. The zero-order valence-corrected chi connectivity index (χ0v) is 19.8. The molecule has 6 nitrogen and oxygen atoms in total. The van der Waals surface area contributed by atoms with Gasteiger partial charge in [-0.05, 0) is 74.7 Å². The van der Waals surface area contributed by atoms with E-state index in [1.165, 1.54) is 7.11 Å². The van der Waals surface area contributed by atoms with Crippen molar-refractivity contribution in [3.63, 3.8) is 0 Å². The Morgan fingerprint density at radius 1 is 0.938 bits per heavy atom. The number of hydrogen-bond acceptors (Lipinski definition) is 4. The van der Waals surface area contributed by atoms with E-state index in [4.69, 9.17) is 4.74 Å². The lowest BCUT2D eigenvalue weighted by Crippen LogP contribution is -2.38. The molecule has 3 aromatic rings. The Balaban J connectivity index is 2.02. The molecule has 0 atom stereocenters. The molecule has 168 valence electrons. The molecule has 7 heteroatoms. The van der Waals surface area contributed by atoms with E-state index in [0.29, 0.717) is 17.1 Å². The second kappa shape index (κ2) is 9.44. The molecule has 1 N–H and O–H groups in total. The van der Waals surface area contributed by atoms with Gasteiger partial charge in [0.1, 0.15) is 12.3 Å². The maximum absolute atomic E-state index is 13.6. The van der Waals surface area contributed by atoms with Crippen LogP contribution in [0.4, 0.5) is 11.4 Å². The Morgan fingerprint density at radius 3 is 2.25 bits per heavy atom. The third kappa shape index (κ3) is 4.94. The summed E-state index contributed by atoms with van der Waals surface area (Å²) in [6, 6.07) is 17.4. The van der Waals surface area contributed by atoms with Crippen molar-refractivity contribution in [2.24, 2.45) is 0 Å². The first-order chi connectivity index (χ1) is 15.1. The first kappa shape index (κ1) is 23.3. The molecule has 0 bridgehead atoms. The van der Waals surface area contributed by atoms with Gasteiger partial charge in [0.15, 0.2) is 0 Å². The maximum atomic E-state index is 13.6. The van der Waals surface area contributed by atoms with Gasteiger partial charge < -0.3 is 10.1 Å². The average Bonchev–Trinajstić information content (AvgIpc) is 2.75. The highest BCUT2D eigenvalue weighted by atomic mass is 32.2. The summed E-state index contributed by atoms with van der Waals surface area (Å²) in [5, 5.41) is 2.80. The Hall–Kier alpha value is -3.32. The molecular weight excluding hydrogens is 424 g/mol. The smallest absolute Gasteiger partial charge is 0.264 e. The van der Waals surface area contributed by atoms with Gasteiger partial charge in [-0.15, -0.1) is 0 Å². The van der Waals surface area contributed by atoms with Gasteiger partial charge in [-0.25, -0.2) is 8.42 Å². The number of methoxy groups -OCH3 is 1. The monoisotopic (exact) mass is 452 g/mol. The fourth-order valence-corrected chi connectivity index (χ4v) is 4.86. The van der Waals surface area contributed by atoms with Gasteiger partial charge in [-0.3, -0.25) is 9.10 Å². The molecule has 0 aliphatic carbocycles. The summed E-state index contributed by atoms with van der Waals surface area (Å²) in [7, 11) is -2.46. The number of nitrogens with zero attached hydrogens (tertiary/aromatic N) is 1. The van der Waals surface area contributed by atoms with E-state index >= 15 is 0 Å². The van der Waals surface area contributed by atoms with E-state index in [2.05, 4.69) is 5.32 Å². The van der Waals surface area contributed by atoms with Crippen LogP contribution < -0.4 is 14.4 Å².